The summed E-state index contributed by atoms with van der Waals surface area (Å²) in [6.07, 6.45) is 0.171. The van der Waals surface area contributed by atoms with Gasteiger partial charge in [-0.2, -0.15) is 0 Å². The van der Waals surface area contributed by atoms with E-state index >= 15 is 0 Å². The van der Waals surface area contributed by atoms with Crippen LogP contribution in [0.1, 0.15) is 37.3 Å². The summed E-state index contributed by atoms with van der Waals surface area (Å²) < 4.78 is 0. The Morgan fingerprint density at radius 1 is 1.31 bits per heavy atom. The molecule has 3 nitrogen and oxygen atoms in total. The number of carbonyl (C=O) groups is 1. The van der Waals surface area contributed by atoms with Crippen molar-refractivity contribution in [2.75, 3.05) is 6.54 Å². The summed E-state index contributed by atoms with van der Waals surface area (Å²) in [5, 5.41) is 11.6. The van der Waals surface area contributed by atoms with Gasteiger partial charge in [-0.1, -0.05) is 38.1 Å². The molecule has 88 valence electrons. The van der Waals surface area contributed by atoms with E-state index in [-0.39, 0.29) is 6.42 Å². The first kappa shape index (κ1) is 12.7. The van der Waals surface area contributed by atoms with Crippen molar-refractivity contribution >= 4 is 5.97 Å². The molecule has 0 unspecified atom stereocenters. The Balaban J connectivity index is 2.35. The molecule has 1 aromatic carbocycles. The van der Waals surface area contributed by atoms with Crippen molar-refractivity contribution in [2.24, 2.45) is 0 Å². The normalized spacial score (nSPS) is 10.7. The van der Waals surface area contributed by atoms with Crippen molar-refractivity contribution in [1.82, 2.24) is 5.32 Å². The molecule has 0 saturated carbocycles. The molecular formula is C13H19NO2. The molecule has 0 atom stereocenters. The molecule has 1 aromatic rings. The van der Waals surface area contributed by atoms with Crippen molar-refractivity contribution in [1.29, 1.82) is 0 Å². The minimum atomic E-state index is -0.761. The molecule has 0 aliphatic heterocycles. The minimum absolute atomic E-state index is 0.171. The van der Waals surface area contributed by atoms with Crippen LogP contribution in [0, 0.1) is 0 Å². The fraction of sp³-hybridized carbons (Fsp3) is 0.462. The van der Waals surface area contributed by atoms with Gasteiger partial charge in [0, 0.05) is 13.1 Å². The van der Waals surface area contributed by atoms with E-state index in [2.05, 4.69) is 43.4 Å². The van der Waals surface area contributed by atoms with Crippen LogP contribution < -0.4 is 5.32 Å². The number of hydrogen-bond acceptors (Lipinski definition) is 2. The van der Waals surface area contributed by atoms with Crippen LogP contribution in [0.4, 0.5) is 0 Å². The highest BCUT2D eigenvalue weighted by atomic mass is 16.4. The summed E-state index contributed by atoms with van der Waals surface area (Å²) in [6.45, 7) is 5.58. The highest BCUT2D eigenvalue weighted by Crippen LogP contribution is 2.14. The third-order valence-electron chi connectivity index (χ3n) is 2.49. The second kappa shape index (κ2) is 6.28. The van der Waals surface area contributed by atoms with Crippen molar-refractivity contribution in [3.8, 4) is 0 Å². The quantitative estimate of drug-likeness (QED) is 0.725. The SMILES string of the molecule is CC(C)c1ccc(CNCCC(=O)O)cc1. The van der Waals surface area contributed by atoms with Crippen LogP contribution in [0.15, 0.2) is 24.3 Å². The predicted octanol–water partition coefficient (Wildman–Crippen LogP) is 2.37. The molecule has 0 fully saturated rings. The van der Waals surface area contributed by atoms with Crippen molar-refractivity contribution in [2.45, 2.75) is 32.7 Å². The van der Waals surface area contributed by atoms with Gasteiger partial charge in [-0.25, -0.2) is 0 Å². The molecule has 0 heterocycles. The van der Waals surface area contributed by atoms with Crippen molar-refractivity contribution in [3.63, 3.8) is 0 Å². The molecule has 0 aromatic heterocycles. The first-order chi connectivity index (χ1) is 7.59. The highest BCUT2D eigenvalue weighted by Gasteiger charge is 1.99. The third-order valence-corrected chi connectivity index (χ3v) is 2.49. The Morgan fingerprint density at radius 3 is 2.44 bits per heavy atom. The van der Waals surface area contributed by atoms with Gasteiger partial charge in [0.1, 0.15) is 0 Å². The fourth-order valence-electron chi connectivity index (χ4n) is 1.45. The Hall–Kier alpha value is -1.35. The van der Waals surface area contributed by atoms with E-state index in [9.17, 15) is 4.79 Å². The average Bonchev–Trinajstić information content (AvgIpc) is 2.25. The Labute approximate surface area is 96.5 Å². The Bertz CT molecular complexity index is 330. The molecule has 0 aliphatic carbocycles. The second-order valence-corrected chi connectivity index (χ2v) is 4.22. The zero-order chi connectivity index (χ0) is 12.0. The van der Waals surface area contributed by atoms with Gasteiger partial charge < -0.3 is 10.4 Å². The van der Waals surface area contributed by atoms with Gasteiger partial charge in [0.2, 0.25) is 0 Å². The van der Waals surface area contributed by atoms with E-state index in [1.165, 1.54) is 11.1 Å². The highest BCUT2D eigenvalue weighted by molar-refractivity contribution is 5.66. The Kier molecular flexibility index (Phi) is 4.99. The lowest BCUT2D eigenvalue weighted by molar-refractivity contribution is -0.136. The third kappa shape index (κ3) is 4.45. The summed E-state index contributed by atoms with van der Waals surface area (Å²) in [5.41, 5.74) is 2.52. The number of aliphatic carboxylic acids is 1. The molecule has 1 rings (SSSR count). The van der Waals surface area contributed by atoms with E-state index in [1.54, 1.807) is 0 Å². The van der Waals surface area contributed by atoms with Crippen LogP contribution in [0.2, 0.25) is 0 Å². The number of nitrogens with one attached hydrogen (secondary N) is 1. The number of carboxylic acids is 1. The first-order valence-electron chi connectivity index (χ1n) is 5.61. The van der Waals surface area contributed by atoms with Crippen molar-refractivity contribution < 1.29 is 9.90 Å². The summed E-state index contributed by atoms with van der Waals surface area (Å²) >= 11 is 0. The second-order valence-electron chi connectivity index (χ2n) is 4.22. The molecule has 3 heteroatoms. The monoisotopic (exact) mass is 221 g/mol. The van der Waals surface area contributed by atoms with Gasteiger partial charge in [-0.3, -0.25) is 4.79 Å². The molecule has 0 spiro atoms. The first-order valence-corrected chi connectivity index (χ1v) is 5.61. The molecule has 2 N–H and O–H groups in total. The molecule has 16 heavy (non-hydrogen) atoms. The summed E-state index contributed by atoms with van der Waals surface area (Å²) in [7, 11) is 0. The van der Waals surface area contributed by atoms with Gasteiger partial charge in [0.15, 0.2) is 0 Å². The van der Waals surface area contributed by atoms with E-state index in [0.29, 0.717) is 12.5 Å². The fourth-order valence-corrected chi connectivity index (χ4v) is 1.45. The number of rotatable bonds is 6. The smallest absolute Gasteiger partial charge is 0.304 e. The average molecular weight is 221 g/mol. The van der Waals surface area contributed by atoms with E-state index in [0.717, 1.165) is 6.54 Å². The summed E-state index contributed by atoms with van der Waals surface area (Å²) in [4.78, 5) is 10.3. The largest absolute Gasteiger partial charge is 0.481 e. The Morgan fingerprint density at radius 2 is 1.94 bits per heavy atom. The number of hydrogen-bond donors (Lipinski definition) is 2. The lowest BCUT2D eigenvalue weighted by Gasteiger charge is -2.07. The van der Waals surface area contributed by atoms with Gasteiger partial charge in [0.05, 0.1) is 6.42 Å². The molecular weight excluding hydrogens is 202 g/mol. The zero-order valence-corrected chi connectivity index (χ0v) is 9.86. The van der Waals surface area contributed by atoms with Gasteiger partial charge >= 0.3 is 5.97 Å². The number of benzene rings is 1. The molecule has 0 bridgehead atoms. The van der Waals surface area contributed by atoms with Crippen molar-refractivity contribution in [3.05, 3.63) is 35.4 Å². The summed E-state index contributed by atoms with van der Waals surface area (Å²) in [5.74, 6) is -0.211. The molecule has 0 amide bonds. The standard InChI is InChI=1S/C13H19NO2/c1-10(2)12-5-3-11(4-6-12)9-14-8-7-13(15)16/h3-6,10,14H,7-9H2,1-2H3,(H,15,16). The van der Waals surface area contributed by atoms with Gasteiger partial charge in [0.25, 0.3) is 0 Å². The lowest BCUT2D eigenvalue weighted by atomic mass is 10.0. The van der Waals surface area contributed by atoms with Crippen LogP contribution in [0.5, 0.6) is 0 Å². The number of carboxylic acid groups (broad SMARTS) is 1. The van der Waals surface area contributed by atoms with Gasteiger partial charge in [-0.05, 0) is 17.0 Å². The summed E-state index contributed by atoms with van der Waals surface area (Å²) in [6, 6.07) is 8.42. The molecule has 0 saturated heterocycles. The van der Waals surface area contributed by atoms with E-state index < -0.39 is 5.97 Å². The zero-order valence-electron chi connectivity index (χ0n) is 9.86. The maximum Gasteiger partial charge on any atom is 0.304 e. The van der Waals surface area contributed by atoms with Crippen LogP contribution in [0.3, 0.4) is 0 Å². The van der Waals surface area contributed by atoms with Crippen LogP contribution in [-0.2, 0) is 11.3 Å². The molecule has 0 radical (unpaired) electrons. The van der Waals surface area contributed by atoms with Crippen LogP contribution >= 0.6 is 0 Å². The molecule has 0 aliphatic rings. The maximum absolute atomic E-state index is 10.3. The van der Waals surface area contributed by atoms with Gasteiger partial charge in [-0.15, -0.1) is 0 Å². The topological polar surface area (TPSA) is 49.3 Å². The van der Waals surface area contributed by atoms with Crippen LogP contribution in [-0.4, -0.2) is 17.6 Å². The predicted molar refractivity (Wildman–Crippen MR) is 64.5 cm³/mol. The lowest BCUT2D eigenvalue weighted by Crippen LogP contribution is -2.17. The van der Waals surface area contributed by atoms with E-state index in [4.69, 9.17) is 5.11 Å². The maximum atomic E-state index is 10.3. The van der Waals surface area contributed by atoms with E-state index in [1.807, 2.05) is 0 Å². The van der Waals surface area contributed by atoms with Crippen LogP contribution in [0.25, 0.3) is 0 Å². The minimum Gasteiger partial charge on any atom is -0.481 e.